The van der Waals surface area contributed by atoms with Crippen molar-refractivity contribution in [2.24, 2.45) is 0 Å². The fraction of sp³-hybridized carbons (Fsp3) is 0.500. The van der Waals surface area contributed by atoms with Crippen molar-refractivity contribution < 1.29 is 13.6 Å². The number of benzene rings is 1. The third-order valence-corrected chi connectivity index (χ3v) is 2.80. The van der Waals surface area contributed by atoms with Gasteiger partial charge in [0.05, 0.1) is 13.2 Å². The molecule has 0 aliphatic carbocycles. The van der Waals surface area contributed by atoms with Crippen LogP contribution in [-0.2, 0) is 20.2 Å². The van der Waals surface area contributed by atoms with Gasteiger partial charge >= 0.3 is 8.25 Å². The highest BCUT2D eigenvalue weighted by Gasteiger charge is 1.91. The van der Waals surface area contributed by atoms with Crippen molar-refractivity contribution in [1.29, 1.82) is 0 Å². The summed E-state index contributed by atoms with van der Waals surface area (Å²) < 4.78 is 19.6. The van der Waals surface area contributed by atoms with E-state index in [1.807, 2.05) is 25.2 Å². The molecule has 0 aliphatic rings. The molecule has 1 aromatic rings. The van der Waals surface area contributed by atoms with Gasteiger partial charge in [-0.15, -0.1) is 12.4 Å². The van der Waals surface area contributed by atoms with Crippen molar-refractivity contribution in [1.82, 2.24) is 5.32 Å². The highest BCUT2D eigenvalue weighted by molar-refractivity contribution is 7.33. The van der Waals surface area contributed by atoms with Gasteiger partial charge in [0.2, 0.25) is 0 Å². The fourth-order valence-electron chi connectivity index (χ4n) is 1.08. The van der Waals surface area contributed by atoms with Crippen LogP contribution in [0, 0.1) is 0 Å². The van der Waals surface area contributed by atoms with E-state index in [1.54, 1.807) is 13.8 Å². The zero-order valence-electron chi connectivity index (χ0n) is 11.1. The molecule has 0 saturated carbocycles. The lowest BCUT2D eigenvalue weighted by atomic mass is 10.2. The van der Waals surface area contributed by atoms with Crippen molar-refractivity contribution in [3.05, 3.63) is 35.9 Å². The lowest BCUT2D eigenvalue weighted by molar-refractivity contribution is 0.243. The van der Waals surface area contributed by atoms with Crippen molar-refractivity contribution in [2.45, 2.75) is 20.4 Å². The Morgan fingerprint density at radius 2 is 1.61 bits per heavy atom. The Hall–Kier alpha value is -0.380. The zero-order valence-corrected chi connectivity index (χ0v) is 13.0. The average Bonchev–Trinajstić information content (AvgIpc) is 2.32. The molecule has 1 N–H and O–H groups in total. The number of rotatable bonds is 6. The molecule has 0 heterocycles. The van der Waals surface area contributed by atoms with Crippen molar-refractivity contribution >= 4 is 20.7 Å². The third-order valence-electron chi connectivity index (χ3n) is 1.75. The van der Waals surface area contributed by atoms with Gasteiger partial charge in [0.1, 0.15) is 0 Å². The second-order valence-corrected chi connectivity index (χ2v) is 4.21. The van der Waals surface area contributed by atoms with Crippen LogP contribution >= 0.6 is 20.7 Å². The maximum atomic E-state index is 10.4. The minimum absolute atomic E-state index is 0. The Morgan fingerprint density at radius 3 is 2.00 bits per heavy atom. The Labute approximate surface area is 116 Å². The molecule has 0 spiro atoms. The Bertz CT molecular complexity index is 291. The Balaban J connectivity index is 0. The highest BCUT2D eigenvalue weighted by Crippen LogP contribution is 2.21. The molecule has 0 aromatic heterocycles. The Kier molecular flexibility index (Phi) is 16.3. The van der Waals surface area contributed by atoms with Gasteiger partial charge in [0.15, 0.2) is 0 Å². The summed E-state index contributed by atoms with van der Waals surface area (Å²) in [4.78, 5) is 0. The molecule has 1 rings (SSSR count). The summed E-state index contributed by atoms with van der Waals surface area (Å²) in [5, 5.41) is 3.08. The molecule has 0 radical (unpaired) electrons. The van der Waals surface area contributed by atoms with Crippen molar-refractivity contribution in [2.75, 3.05) is 20.3 Å². The Morgan fingerprint density at radius 1 is 1.11 bits per heavy atom. The van der Waals surface area contributed by atoms with Gasteiger partial charge in [-0.25, -0.2) is 0 Å². The lowest BCUT2D eigenvalue weighted by Crippen LogP contribution is -2.04. The molecule has 6 heteroatoms. The summed E-state index contributed by atoms with van der Waals surface area (Å²) in [7, 11) is -0.190. The molecule has 0 saturated heterocycles. The van der Waals surface area contributed by atoms with Gasteiger partial charge in [-0.05, 0) is 26.5 Å². The SMILES string of the molecule is CCO[PH](=O)OCC.CNCc1ccccc1.Cl. The van der Waals surface area contributed by atoms with Crippen molar-refractivity contribution in [3.8, 4) is 0 Å². The summed E-state index contributed by atoms with van der Waals surface area (Å²) in [5.74, 6) is 0. The van der Waals surface area contributed by atoms with Gasteiger partial charge in [-0.2, -0.15) is 0 Å². The molecule has 0 aliphatic heterocycles. The van der Waals surface area contributed by atoms with Gasteiger partial charge in [-0.1, -0.05) is 30.3 Å². The molecule has 1 aromatic carbocycles. The molecule has 0 atom stereocenters. The second-order valence-electron chi connectivity index (χ2n) is 3.13. The molecule has 0 bridgehead atoms. The number of nitrogens with one attached hydrogen (secondary N) is 1. The topological polar surface area (TPSA) is 47.6 Å². The molecule has 4 nitrogen and oxygen atoms in total. The van der Waals surface area contributed by atoms with Crippen LogP contribution in [0.3, 0.4) is 0 Å². The average molecular weight is 296 g/mol. The van der Waals surface area contributed by atoms with Crippen LogP contribution in [0.4, 0.5) is 0 Å². The van der Waals surface area contributed by atoms with Gasteiger partial charge < -0.3 is 14.4 Å². The minimum Gasteiger partial charge on any atom is -0.316 e. The van der Waals surface area contributed by atoms with E-state index in [1.165, 1.54) is 5.56 Å². The van der Waals surface area contributed by atoms with Crippen LogP contribution in [-0.4, -0.2) is 20.3 Å². The summed E-state index contributed by atoms with van der Waals surface area (Å²) in [6, 6.07) is 10.3. The predicted octanol–water partition coefficient (Wildman–Crippen LogP) is 3.28. The van der Waals surface area contributed by atoms with E-state index >= 15 is 0 Å². The van der Waals surface area contributed by atoms with E-state index < -0.39 is 8.25 Å². The number of hydrogen-bond acceptors (Lipinski definition) is 4. The fourth-order valence-corrected chi connectivity index (χ4v) is 1.63. The van der Waals surface area contributed by atoms with Crippen molar-refractivity contribution in [3.63, 3.8) is 0 Å². The quantitative estimate of drug-likeness (QED) is 0.818. The first-order valence-electron chi connectivity index (χ1n) is 5.72. The van der Waals surface area contributed by atoms with Gasteiger partial charge in [0.25, 0.3) is 0 Å². The van der Waals surface area contributed by atoms with Crippen LogP contribution in [0.5, 0.6) is 0 Å². The van der Waals surface area contributed by atoms with Gasteiger partial charge in [0, 0.05) is 6.54 Å². The van der Waals surface area contributed by atoms with Crippen LogP contribution in [0.1, 0.15) is 19.4 Å². The zero-order chi connectivity index (χ0) is 12.9. The van der Waals surface area contributed by atoms with Crippen LogP contribution < -0.4 is 5.32 Å². The molecule has 0 fully saturated rings. The van der Waals surface area contributed by atoms with E-state index in [0.29, 0.717) is 13.2 Å². The standard InChI is InChI=1S/C8H11N.C4H11O3P.ClH/c1-9-7-8-5-3-2-4-6-8;1-3-6-8(5)7-4-2;/h2-6,9H,7H2,1H3;8H,3-4H2,1-2H3;1H. The van der Waals surface area contributed by atoms with Gasteiger partial charge in [-0.3, -0.25) is 4.57 Å². The van der Waals surface area contributed by atoms with E-state index in [2.05, 4.69) is 26.5 Å². The third kappa shape index (κ3) is 12.1. The molecular formula is C12H23ClNO3P. The van der Waals surface area contributed by atoms with E-state index in [-0.39, 0.29) is 12.4 Å². The lowest BCUT2D eigenvalue weighted by Gasteiger charge is -1.97. The second kappa shape index (κ2) is 14.7. The van der Waals surface area contributed by atoms with E-state index in [0.717, 1.165) is 6.54 Å². The largest absolute Gasteiger partial charge is 0.319 e. The first-order valence-corrected chi connectivity index (χ1v) is 6.95. The first kappa shape index (κ1) is 19.9. The molecular weight excluding hydrogens is 273 g/mol. The van der Waals surface area contributed by atoms with Crippen LogP contribution in [0.15, 0.2) is 30.3 Å². The maximum absolute atomic E-state index is 10.4. The molecule has 0 amide bonds. The molecule has 18 heavy (non-hydrogen) atoms. The van der Waals surface area contributed by atoms with Crippen LogP contribution in [0.2, 0.25) is 0 Å². The highest BCUT2D eigenvalue weighted by atomic mass is 35.5. The maximum Gasteiger partial charge on any atom is 0.319 e. The summed E-state index contributed by atoms with van der Waals surface area (Å²) >= 11 is 0. The normalized spacial score (nSPS) is 9.33. The summed E-state index contributed by atoms with van der Waals surface area (Å²) in [6.07, 6.45) is 0. The molecule has 106 valence electrons. The predicted molar refractivity (Wildman–Crippen MR) is 78.7 cm³/mol. The number of hydrogen-bond donors (Lipinski definition) is 1. The molecule has 0 unspecified atom stereocenters. The van der Waals surface area contributed by atoms with E-state index in [9.17, 15) is 4.57 Å². The number of halogens is 1. The smallest absolute Gasteiger partial charge is 0.316 e. The van der Waals surface area contributed by atoms with E-state index in [4.69, 9.17) is 0 Å². The monoisotopic (exact) mass is 295 g/mol. The summed E-state index contributed by atoms with van der Waals surface area (Å²) in [5.41, 5.74) is 1.33. The first-order chi connectivity index (χ1) is 8.24. The minimum atomic E-state index is -2.14. The van der Waals surface area contributed by atoms with Crippen LogP contribution in [0.25, 0.3) is 0 Å². The summed E-state index contributed by atoms with van der Waals surface area (Å²) in [6.45, 7) is 5.43.